The normalized spacial score (nSPS) is 11.0. The van der Waals surface area contributed by atoms with Crippen molar-refractivity contribution < 1.29 is 17.9 Å². The van der Waals surface area contributed by atoms with E-state index in [0.717, 1.165) is 12.0 Å². The third kappa shape index (κ3) is 5.18. The average Bonchev–Trinajstić information content (AvgIpc) is 2.78. The van der Waals surface area contributed by atoms with Crippen LogP contribution in [0, 0.1) is 0 Å². The van der Waals surface area contributed by atoms with Gasteiger partial charge in [0.2, 0.25) is 0 Å². The number of ether oxygens (including phenoxy) is 1. The molecule has 0 heterocycles. The molecule has 6 nitrogen and oxygen atoms in total. The monoisotopic (exact) mass is 424 g/mol. The quantitative estimate of drug-likeness (QED) is 0.591. The van der Waals surface area contributed by atoms with Crippen LogP contribution in [0.25, 0.3) is 0 Å². The van der Waals surface area contributed by atoms with Crippen LogP contribution in [0.15, 0.2) is 83.8 Å². The van der Waals surface area contributed by atoms with Gasteiger partial charge in [-0.1, -0.05) is 37.3 Å². The first-order valence-electron chi connectivity index (χ1n) is 9.56. The van der Waals surface area contributed by atoms with E-state index in [1.54, 1.807) is 42.5 Å². The number of anilines is 2. The van der Waals surface area contributed by atoms with Crippen molar-refractivity contribution in [3.8, 4) is 5.75 Å². The summed E-state index contributed by atoms with van der Waals surface area (Å²) in [6, 6.07) is 22.5. The van der Waals surface area contributed by atoms with E-state index in [-0.39, 0.29) is 17.4 Å². The second kappa shape index (κ2) is 9.45. The van der Waals surface area contributed by atoms with E-state index in [0.29, 0.717) is 17.1 Å². The molecule has 0 saturated heterocycles. The van der Waals surface area contributed by atoms with Crippen LogP contribution in [0.1, 0.15) is 12.5 Å². The molecule has 0 aliphatic carbocycles. The first kappa shape index (κ1) is 21.4. The Kier molecular flexibility index (Phi) is 6.74. The topological polar surface area (TPSA) is 75.7 Å². The molecule has 0 unspecified atom stereocenters. The molecule has 0 spiro atoms. The summed E-state index contributed by atoms with van der Waals surface area (Å²) >= 11 is 0. The van der Waals surface area contributed by atoms with Gasteiger partial charge in [-0.05, 0) is 60.5 Å². The lowest BCUT2D eigenvalue weighted by molar-refractivity contribution is -0.118. The maximum atomic E-state index is 12.8. The predicted octanol–water partition coefficient (Wildman–Crippen LogP) is 4.09. The zero-order valence-corrected chi connectivity index (χ0v) is 17.7. The lowest BCUT2D eigenvalue weighted by Gasteiger charge is -2.19. The van der Waals surface area contributed by atoms with Crippen molar-refractivity contribution in [3.63, 3.8) is 0 Å². The highest BCUT2D eigenvalue weighted by Crippen LogP contribution is 2.23. The van der Waals surface area contributed by atoms with Gasteiger partial charge >= 0.3 is 0 Å². The summed E-state index contributed by atoms with van der Waals surface area (Å²) < 4.78 is 32.3. The van der Waals surface area contributed by atoms with E-state index in [4.69, 9.17) is 4.74 Å². The molecule has 30 heavy (non-hydrogen) atoms. The third-order valence-corrected chi connectivity index (χ3v) is 6.39. The Morgan fingerprint density at radius 2 is 1.67 bits per heavy atom. The molecule has 1 N–H and O–H groups in total. The van der Waals surface area contributed by atoms with Gasteiger partial charge in [0.25, 0.3) is 15.9 Å². The summed E-state index contributed by atoms with van der Waals surface area (Å²) in [5, 5.41) is 2.71. The summed E-state index contributed by atoms with van der Waals surface area (Å²) in [4.78, 5) is 12.3. The van der Waals surface area contributed by atoms with Crippen LogP contribution < -0.4 is 14.4 Å². The van der Waals surface area contributed by atoms with E-state index in [9.17, 15) is 13.2 Å². The lowest BCUT2D eigenvalue weighted by atomic mass is 10.2. The molecule has 0 aliphatic rings. The number of amides is 1. The highest BCUT2D eigenvalue weighted by atomic mass is 32.2. The van der Waals surface area contributed by atoms with Gasteiger partial charge in [-0.2, -0.15) is 0 Å². The van der Waals surface area contributed by atoms with Gasteiger partial charge in [0.1, 0.15) is 5.75 Å². The number of carbonyl (C=O) groups is 1. The molecule has 3 aromatic carbocycles. The third-order valence-electron chi connectivity index (χ3n) is 4.59. The number of hydrogen-bond acceptors (Lipinski definition) is 4. The average molecular weight is 425 g/mol. The number of benzene rings is 3. The predicted molar refractivity (Wildman–Crippen MR) is 118 cm³/mol. The molecule has 0 fully saturated rings. The molecule has 0 radical (unpaired) electrons. The van der Waals surface area contributed by atoms with Crippen molar-refractivity contribution in [1.29, 1.82) is 0 Å². The van der Waals surface area contributed by atoms with Crippen LogP contribution in [0.4, 0.5) is 11.4 Å². The second-order valence-corrected chi connectivity index (χ2v) is 8.64. The van der Waals surface area contributed by atoms with Crippen LogP contribution in [0.2, 0.25) is 0 Å². The van der Waals surface area contributed by atoms with E-state index >= 15 is 0 Å². The molecule has 156 valence electrons. The van der Waals surface area contributed by atoms with Crippen molar-refractivity contribution in [2.75, 3.05) is 23.3 Å². The smallest absolute Gasteiger partial charge is 0.264 e. The molecular weight excluding hydrogens is 400 g/mol. The van der Waals surface area contributed by atoms with E-state index in [1.807, 2.05) is 31.2 Å². The van der Waals surface area contributed by atoms with Crippen LogP contribution in [-0.4, -0.2) is 28.0 Å². The van der Waals surface area contributed by atoms with Crippen LogP contribution in [-0.2, 0) is 21.2 Å². The fourth-order valence-corrected chi connectivity index (χ4v) is 4.04. The van der Waals surface area contributed by atoms with E-state index in [1.165, 1.54) is 23.5 Å². The van der Waals surface area contributed by atoms with Gasteiger partial charge in [-0.3, -0.25) is 9.10 Å². The summed E-state index contributed by atoms with van der Waals surface area (Å²) in [6.07, 6.45) is 0.887. The highest BCUT2D eigenvalue weighted by Gasteiger charge is 2.21. The van der Waals surface area contributed by atoms with Gasteiger partial charge in [0.15, 0.2) is 6.61 Å². The number of aryl methyl sites for hydroxylation is 1. The standard InChI is InChI=1S/C23H24N2O4S/c1-3-18-8-7-11-21(16-18)29-17-23(26)24-19-12-14-22(15-13-19)30(27,28)25(2)20-9-5-4-6-10-20/h4-16H,3,17H2,1-2H3,(H,24,26). The van der Waals surface area contributed by atoms with Crippen molar-refractivity contribution >= 4 is 27.3 Å². The molecule has 0 bridgehead atoms. The van der Waals surface area contributed by atoms with Gasteiger partial charge in [-0.15, -0.1) is 0 Å². The molecule has 0 aromatic heterocycles. The van der Waals surface area contributed by atoms with Gasteiger partial charge in [0, 0.05) is 12.7 Å². The maximum absolute atomic E-state index is 12.8. The Hall–Kier alpha value is -3.32. The Labute approximate surface area is 177 Å². The van der Waals surface area contributed by atoms with Crippen LogP contribution in [0.5, 0.6) is 5.75 Å². The zero-order valence-electron chi connectivity index (χ0n) is 16.9. The minimum atomic E-state index is -3.69. The van der Waals surface area contributed by atoms with Crippen molar-refractivity contribution in [1.82, 2.24) is 0 Å². The molecule has 0 saturated carbocycles. The highest BCUT2D eigenvalue weighted by molar-refractivity contribution is 7.92. The van der Waals surface area contributed by atoms with Crippen molar-refractivity contribution in [2.45, 2.75) is 18.2 Å². The minimum Gasteiger partial charge on any atom is -0.484 e. The molecule has 0 aliphatic heterocycles. The first-order chi connectivity index (χ1) is 14.4. The largest absolute Gasteiger partial charge is 0.484 e. The molecular formula is C23H24N2O4S. The summed E-state index contributed by atoms with van der Waals surface area (Å²) in [6.45, 7) is 1.91. The van der Waals surface area contributed by atoms with Gasteiger partial charge in [0.05, 0.1) is 10.6 Å². The van der Waals surface area contributed by atoms with E-state index in [2.05, 4.69) is 5.32 Å². The number of para-hydroxylation sites is 1. The number of sulfonamides is 1. The maximum Gasteiger partial charge on any atom is 0.264 e. The van der Waals surface area contributed by atoms with Gasteiger partial charge < -0.3 is 10.1 Å². The lowest BCUT2D eigenvalue weighted by Crippen LogP contribution is -2.26. The van der Waals surface area contributed by atoms with Crippen molar-refractivity contribution in [2.24, 2.45) is 0 Å². The van der Waals surface area contributed by atoms with Crippen LogP contribution in [0.3, 0.4) is 0 Å². The van der Waals surface area contributed by atoms with Crippen LogP contribution >= 0.6 is 0 Å². The Morgan fingerprint density at radius 1 is 0.967 bits per heavy atom. The minimum absolute atomic E-state index is 0.135. The molecule has 0 atom stereocenters. The summed E-state index contributed by atoms with van der Waals surface area (Å²) in [7, 11) is -2.19. The number of rotatable bonds is 8. The Morgan fingerprint density at radius 3 is 2.33 bits per heavy atom. The van der Waals surface area contributed by atoms with Gasteiger partial charge in [-0.25, -0.2) is 8.42 Å². The molecule has 3 aromatic rings. The SMILES string of the molecule is CCc1cccc(OCC(=O)Nc2ccc(S(=O)(=O)N(C)c3ccccc3)cc2)c1. The Bertz CT molecular complexity index is 1100. The molecule has 7 heteroatoms. The van der Waals surface area contributed by atoms with Crippen molar-refractivity contribution in [3.05, 3.63) is 84.4 Å². The first-order valence-corrected chi connectivity index (χ1v) is 11.0. The summed E-state index contributed by atoms with van der Waals surface area (Å²) in [5.74, 6) is 0.309. The number of hydrogen-bond donors (Lipinski definition) is 1. The number of carbonyl (C=O) groups excluding carboxylic acids is 1. The van der Waals surface area contributed by atoms with E-state index < -0.39 is 10.0 Å². The number of nitrogens with zero attached hydrogens (tertiary/aromatic N) is 1. The summed E-state index contributed by atoms with van der Waals surface area (Å²) in [5.41, 5.74) is 2.19. The number of nitrogens with one attached hydrogen (secondary N) is 1. The Balaban J connectivity index is 1.61. The fourth-order valence-electron chi connectivity index (χ4n) is 2.85. The zero-order chi connectivity index (χ0) is 21.6. The molecule has 1 amide bonds. The second-order valence-electron chi connectivity index (χ2n) is 6.67. The molecule has 3 rings (SSSR count). The fraction of sp³-hybridized carbons (Fsp3) is 0.174.